The van der Waals surface area contributed by atoms with Crippen molar-refractivity contribution in [2.75, 3.05) is 19.4 Å². The van der Waals surface area contributed by atoms with E-state index in [1.165, 1.54) is 15.9 Å². The zero-order valence-corrected chi connectivity index (χ0v) is 40.4. The van der Waals surface area contributed by atoms with Gasteiger partial charge in [0.05, 0.1) is 47.4 Å². The van der Waals surface area contributed by atoms with Crippen molar-refractivity contribution in [2.45, 2.75) is 87.5 Å². The number of hydrogen-bond acceptors (Lipinski definition) is 5. The Morgan fingerprint density at radius 3 is 1.58 bits per heavy atom. The Morgan fingerprint density at radius 2 is 1.15 bits per heavy atom. The van der Waals surface area contributed by atoms with Crippen molar-refractivity contribution >= 4 is 65.4 Å². The first kappa shape index (κ1) is 55.9. The van der Waals surface area contributed by atoms with Gasteiger partial charge in [-0.1, -0.05) is 116 Å². The largest absolute Gasteiger partial charge is 1.00 e. The van der Waals surface area contributed by atoms with Gasteiger partial charge in [-0.3, -0.25) is 14.4 Å². The molecule has 0 spiro atoms. The average molecular weight is 964 g/mol. The third-order valence-corrected chi connectivity index (χ3v) is 15.4. The summed E-state index contributed by atoms with van der Waals surface area (Å²) < 4.78 is 10.4. The average Bonchev–Trinajstić information content (AvgIpc) is 3.26. The summed E-state index contributed by atoms with van der Waals surface area (Å²) in [5.41, 5.74) is 0.713. The van der Waals surface area contributed by atoms with Gasteiger partial charge < -0.3 is 26.5 Å². The zero-order valence-electron chi connectivity index (χ0n) is 36.4. The summed E-state index contributed by atoms with van der Waals surface area (Å²) >= 11 is 11.7. The van der Waals surface area contributed by atoms with Crippen molar-refractivity contribution < 1.29 is 40.8 Å². The first-order valence-electron chi connectivity index (χ1n) is 20.7. The number of halogens is 3. The molecule has 0 bridgehead atoms. The van der Waals surface area contributed by atoms with Crippen LogP contribution in [0, 0.1) is 16.9 Å². The number of aldehydes is 1. The van der Waals surface area contributed by atoms with Gasteiger partial charge in [0, 0.05) is 16.7 Å². The van der Waals surface area contributed by atoms with Crippen LogP contribution in [0.5, 0.6) is 0 Å². The molecule has 0 radical (unpaired) electrons. The van der Waals surface area contributed by atoms with Crippen LogP contribution in [0.25, 0.3) is 6.08 Å². The Morgan fingerprint density at radius 1 is 0.677 bits per heavy atom. The van der Waals surface area contributed by atoms with Crippen LogP contribution in [0.1, 0.15) is 103 Å². The van der Waals surface area contributed by atoms with Crippen molar-refractivity contribution in [1.29, 1.82) is 0 Å². The first-order valence-corrected chi connectivity index (χ1v) is 23.5. The number of esters is 2. The molecule has 0 saturated carbocycles. The van der Waals surface area contributed by atoms with Crippen molar-refractivity contribution in [1.82, 2.24) is 0 Å². The predicted molar refractivity (Wildman–Crippen MR) is 262 cm³/mol. The van der Waals surface area contributed by atoms with Gasteiger partial charge in [0.1, 0.15) is 30.0 Å². The molecule has 1 aliphatic rings. The quantitative estimate of drug-likeness (QED) is 0.0327. The van der Waals surface area contributed by atoms with Crippen molar-refractivity contribution in [3.8, 4) is 0 Å². The van der Waals surface area contributed by atoms with E-state index in [-0.39, 0.29) is 36.3 Å². The monoisotopic (exact) mass is 961 g/mol. The standard InChI is InChI=1S/C28H33O2P.C17H23ClO2.C7H5ClO.CH4.BrH/c1-4-30-27(29)28(2,3)22-14-15-23-31(24-16-8-5-9-17-24,25-18-10-6-11-19-25)26-20-12-7-13-21-26;1-4-20-16(19)17(2,3)13-9-5-6-10-14-11-7-8-12-15(14)18;8-7-4-2-1-3-6(7)5-9;;/h5-6,8-13,16-21H,4,14-15,22-23H2,1-3H3;6-8,10-12H,4-5,9,13H2,1-3H3;1-5H;1H4;1H/q+2;;;;/p-1/b;10-6+;;;. The number of rotatable bonds is 18. The highest BCUT2D eigenvalue weighted by molar-refractivity contribution is 7.93. The van der Waals surface area contributed by atoms with E-state index in [0.29, 0.717) is 23.8 Å². The third kappa shape index (κ3) is 17.5. The molecule has 0 unspecified atom stereocenters. The second-order valence-corrected chi connectivity index (χ2v) is 20.0. The molecule has 0 fully saturated rings. The van der Waals surface area contributed by atoms with Crippen LogP contribution in [0.15, 0.2) is 145 Å². The highest BCUT2D eigenvalue weighted by atomic mass is 79.9. The van der Waals surface area contributed by atoms with E-state index in [1.807, 2.05) is 84.0 Å². The van der Waals surface area contributed by atoms with Crippen LogP contribution in [0.2, 0.25) is 10.0 Å². The van der Waals surface area contributed by atoms with Crippen molar-refractivity contribution in [3.63, 3.8) is 0 Å². The molecular formula is C53H65BrCl2O5P+. The summed E-state index contributed by atoms with van der Waals surface area (Å²) in [7, 11) is -1.81. The second kappa shape index (κ2) is 29.3. The minimum absolute atomic E-state index is 0. The smallest absolute Gasteiger partial charge is 0.311 e. The summed E-state index contributed by atoms with van der Waals surface area (Å²) in [6.07, 6.45) is 23.2. The molecule has 9 heteroatoms. The Hall–Kier alpha value is -4.15. The van der Waals surface area contributed by atoms with Crippen LogP contribution >= 0.6 is 30.5 Å². The molecule has 5 nitrogen and oxygen atoms in total. The van der Waals surface area contributed by atoms with Crippen molar-refractivity contribution in [3.05, 3.63) is 172 Å². The van der Waals surface area contributed by atoms with E-state index >= 15 is 0 Å². The molecule has 0 saturated heterocycles. The summed E-state index contributed by atoms with van der Waals surface area (Å²) in [5, 5.41) is 5.45. The van der Waals surface area contributed by atoms with E-state index < -0.39 is 18.1 Å². The van der Waals surface area contributed by atoms with E-state index in [0.717, 1.165) is 61.6 Å². The van der Waals surface area contributed by atoms with E-state index in [1.54, 1.807) is 24.3 Å². The molecule has 0 atom stereocenters. The molecule has 0 heterocycles. The molecule has 62 heavy (non-hydrogen) atoms. The lowest BCUT2D eigenvalue weighted by Gasteiger charge is -2.27. The molecule has 0 amide bonds. The van der Waals surface area contributed by atoms with Crippen LogP contribution < -0.4 is 27.6 Å². The maximum absolute atomic E-state index is 12.3. The van der Waals surface area contributed by atoms with Gasteiger partial charge in [0.15, 0.2) is 6.29 Å². The minimum Gasteiger partial charge on any atom is -1.00 e. The lowest BCUT2D eigenvalue weighted by atomic mass is 9.87. The molecule has 4 aromatic rings. The summed E-state index contributed by atoms with van der Waals surface area (Å²) in [4.78, 5) is 34.2. The van der Waals surface area contributed by atoms with Crippen LogP contribution in [0.3, 0.4) is 0 Å². The summed E-state index contributed by atoms with van der Waals surface area (Å²) in [6.45, 7) is 12.4. The lowest BCUT2D eigenvalue weighted by molar-refractivity contribution is -0.154. The molecule has 4 aromatic carbocycles. The number of benzene rings is 4. The van der Waals surface area contributed by atoms with E-state index in [2.05, 4.69) is 85.0 Å². The van der Waals surface area contributed by atoms with Gasteiger partial charge >= 0.3 is 11.9 Å². The van der Waals surface area contributed by atoms with Gasteiger partial charge in [-0.25, -0.2) is 0 Å². The third-order valence-electron chi connectivity index (χ3n) is 10.1. The number of carbonyl (C=O) groups excluding carboxylic acids is 3. The van der Waals surface area contributed by atoms with Crippen LogP contribution in [0.4, 0.5) is 0 Å². The molecule has 0 aromatic heterocycles. The van der Waals surface area contributed by atoms with Gasteiger partial charge in [0.25, 0.3) is 0 Å². The number of carbonyl (C=O) groups is 3. The normalized spacial score (nSPS) is 11.8. The highest BCUT2D eigenvalue weighted by Crippen LogP contribution is 2.65. The fourth-order valence-electron chi connectivity index (χ4n) is 6.66. The molecule has 0 N–H and O–H groups in total. The fourth-order valence-corrected chi connectivity index (χ4v) is 11.4. The van der Waals surface area contributed by atoms with Crippen LogP contribution in [-0.4, -0.2) is 37.6 Å². The van der Waals surface area contributed by atoms with Gasteiger partial charge in [-0.05, 0) is 122 Å². The number of unbranched alkanes of at least 4 members (excludes halogenated alkanes) is 2. The number of ether oxygens (including phenoxy) is 2. The number of allylic oxidation sites excluding steroid dienone is 7. The van der Waals surface area contributed by atoms with Crippen LogP contribution in [-0.2, 0) is 19.1 Å². The topological polar surface area (TPSA) is 69.7 Å². The maximum atomic E-state index is 12.3. The molecule has 332 valence electrons. The number of hydrogen-bond donors (Lipinski definition) is 0. The lowest BCUT2D eigenvalue weighted by Crippen LogP contribution is -3.00. The zero-order chi connectivity index (χ0) is 43.9. The predicted octanol–water partition coefficient (Wildman–Crippen LogP) is 11.1. The Bertz CT molecular complexity index is 2020. The van der Waals surface area contributed by atoms with Gasteiger partial charge in [-0.15, -0.1) is 0 Å². The Labute approximate surface area is 393 Å². The first-order chi connectivity index (χ1) is 28.8. The minimum atomic E-state index is -1.81. The summed E-state index contributed by atoms with van der Waals surface area (Å²) in [5.74, 6) is -0.212. The molecule has 0 aliphatic heterocycles. The fraction of sp³-hybridized carbons (Fsp3) is 0.340. The van der Waals surface area contributed by atoms with E-state index in [9.17, 15) is 14.4 Å². The second-order valence-electron chi connectivity index (χ2n) is 15.6. The highest BCUT2D eigenvalue weighted by Gasteiger charge is 2.49. The summed E-state index contributed by atoms with van der Waals surface area (Å²) in [6, 6.07) is 36.5. The van der Waals surface area contributed by atoms with Crippen molar-refractivity contribution in [2.24, 2.45) is 10.8 Å². The molecule has 5 rings (SSSR count). The van der Waals surface area contributed by atoms with Gasteiger partial charge in [-0.2, -0.15) is 0 Å². The van der Waals surface area contributed by atoms with Gasteiger partial charge in [0.2, 0.25) is 5.31 Å². The molecular weight excluding hydrogens is 898 g/mol. The van der Waals surface area contributed by atoms with E-state index in [4.69, 9.17) is 32.7 Å². The SMILES string of the molecule is C.CCOC(=O)C(C)(C)CCC/C=C/c1ccccc1Cl.CCOC(=O)C(C)(C)CCCC[P+](C1=CC=[C+]C=C1)(c1ccccc1)c1ccccc1.O=Cc1ccccc1Cl.[Br-]. The molecule has 1 aliphatic carbocycles. The Kier molecular flexibility index (Phi) is 26.4. The maximum Gasteiger partial charge on any atom is 0.311 e. The Balaban J connectivity index is 0.000000530.